The van der Waals surface area contributed by atoms with E-state index in [1.807, 2.05) is 0 Å². The van der Waals surface area contributed by atoms with Gasteiger partial charge < -0.3 is 16.8 Å². The maximum Gasteiger partial charge on any atom is 0.234 e. The number of rotatable bonds is 6. The van der Waals surface area contributed by atoms with Crippen molar-refractivity contribution < 1.29 is 9.59 Å². The van der Waals surface area contributed by atoms with E-state index >= 15 is 0 Å². The molecule has 0 aromatic carbocycles. The molecule has 6 nitrogen and oxygen atoms in total. The van der Waals surface area contributed by atoms with Gasteiger partial charge in [0, 0.05) is 32.6 Å². The highest BCUT2D eigenvalue weighted by molar-refractivity contribution is 5.80. The van der Waals surface area contributed by atoms with E-state index < -0.39 is 0 Å². The molecule has 0 aromatic rings. The van der Waals surface area contributed by atoms with Crippen molar-refractivity contribution >= 4 is 11.8 Å². The fourth-order valence-corrected chi connectivity index (χ4v) is 1.97. The number of nitrogens with two attached hydrogens (primary N) is 2. The number of carbonyl (C=O) groups excluding carboxylic acids is 2. The minimum absolute atomic E-state index is 0.263. The molecule has 0 saturated carbocycles. The van der Waals surface area contributed by atoms with Crippen molar-refractivity contribution in [1.82, 2.24) is 10.2 Å². The molecule has 0 aliphatic carbocycles. The van der Waals surface area contributed by atoms with Crippen LogP contribution in [-0.2, 0) is 9.59 Å². The van der Waals surface area contributed by atoms with Crippen LogP contribution < -0.4 is 16.8 Å². The standard InChI is InChI=1S/C10H20N4O2/c11-9(15)3-1-2-8(10(12)16)14-6-4-13-5-7-14/h8,13H,1-7H2,(H2,11,15)(H2,12,16). The Morgan fingerprint density at radius 1 is 1.25 bits per heavy atom. The van der Waals surface area contributed by atoms with Gasteiger partial charge in [-0.25, -0.2) is 0 Å². The topological polar surface area (TPSA) is 101 Å². The monoisotopic (exact) mass is 228 g/mol. The predicted octanol–water partition coefficient (Wildman–Crippen LogP) is -1.60. The lowest BCUT2D eigenvalue weighted by molar-refractivity contribution is -0.124. The molecule has 2 amide bonds. The Morgan fingerprint density at radius 2 is 1.88 bits per heavy atom. The Hall–Kier alpha value is -1.14. The first-order chi connectivity index (χ1) is 7.61. The minimum atomic E-state index is -0.330. The first-order valence-corrected chi connectivity index (χ1v) is 5.63. The van der Waals surface area contributed by atoms with Gasteiger partial charge >= 0.3 is 0 Å². The normalized spacial score (nSPS) is 19.2. The lowest BCUT2D eigenvalue weighted by Crippen LogP contribution is -2.52. The zero-order chi connectivity index (χ0) is 12.0. The molecule has 92 valence electrons. The van der Waals surface area contributed by atoms with Crippen LogP contribution in [0.3, 0.4) is 0 Å². The highest BCUT2D eigenvalue weighted by Gasteiger charge is 2.24. The van der Waals surface area contributed by atoms with Crippen molar-refractivity contribution in [3.8, 4) is 0 Å². The molecular formula is C10H20N4O2. The van der Waals surface area contributed by atoms with Gasteiger partial charge in [0.2, 0.25) is 11.8 Å². The molecular weight excluding hydrogens is 208 g/mol. The predicted molar refractivity (Wildman–Crippen MR) is 60.5 cm³/mol. The summed E-state index contributed by atoms with van der Waals surface area (Å²) in [7, 11) is 0. The van der Waals surface area contributed by atoms with Gasteiger partial charge in [0.05, 0.1) is 6.04 Å². The molecule has 16 heavy (non-hydrogen) atoms. The van der Waals surface area contributed by atoms with Crippen LogP contribution in [0.15, 0.2) is 0 Å². The Kier molecular flexibility index (Phi) is 5.21. The molecule has 1 aliphatic rings. The lowest BCUT2D eigenvalue weighted by atomic mass is 10.1. The molecule has 6 heteroatoms. The molecule has 1 saturated heterocycles. The number of hydrogen-bond donors (Lipinski definition) is 3. The van der Waals surface area contributed by atoms with Crippen molar-refractivity contribution in [3.05, 3.63) is 0 Å². The number of piperazine rings is 1. The van der Waals surface area contributed by atoms with Crippen LogP contribution in [0.1, 0.15) is 19.3 Å². The molecule has 1 fully saturated rings. The summed E-state index contributed by atoms with van der Waals surface area (Å²) in [5.74, 6) is -0.644. The number of nitrogens with zero attached hydrogens (tertiary/aromatic N) is 1. The van der Waals surface area contributed by atoms with Gasteiger partial charge in [-0.2, -0.15) is 0 Å². The molecule has 1 heterocycles. The van der Waals surface area contributed by atoms with Crippen molar-refractivity contribution in [1.29, 1.82) is 0 Å². The van der Waals surface area contributed by atoms with Gasteiger partial charge in [-0.3, -0.25) is 14.5 Å². The Balaban J connectivity index is 2.40. The number of amides is 2. The van der Waals surface area contributed by atoms with E-state index in [-0.39, 0.29) is 17.9 Å². The smallest absolute Gasteiger partial charge is 0.234 e. The van der Waals surface area contributed by atoms with Gasteiger partial charge in [-0.15, -0.1) is 0 Å². The number of hydrogen-bond acceptors (Lipinski definition) is 4. The maximum atomic E-state index is 11.3. The third kappa shape index (κ3) is 4.16. The zero-order valence-corrected chi connectivity index (χ0v) is 9.45. The molecule has 1 aliphatic heterocycles. The highest BCUT2D eigenvalue weighted by atomic mass is 16.1. The second-order valence-corrected chi connectivity index (χ2v) is 4.06. The molecule has 1 unspecified atom stereocenters. The fraction of sp³-hybridized carbons (Fsp3) is 0.800. The summed E-state index contributed by atoms with van der Waals surface area (Å²) in [5, 5.41) is 3.21. The first kappa shape index (κ1) is 12.9. The van der Waals surface area contributed by atoms with E-state index in [0.717, 1.165) is 26.2 Å². The first-order valence-electron chi connectivity index (χ1n) is 5.63. The zero-order valence-electron chi connectivity index (χ0n) is 9.45. The van der Waals surface area contributed by atoms with E-state index in [1.54, 1.807) is 0 Å². The maximum absolute atomic E-state index is 11.3. The number of primary amides is 2. The molecule has 0 spiro atoms. The van der Waals surface area contributed by atoms with E-state index in [1.165, 1.54) is 0 Å². The Labute approximate surface area is 95.3 Å². The number of carbonyl (C=O) groups is 2. The van der Waals surface area contributed by atoms with Crippen molar-refractivity contribution in [2.24, 2.45) is 11.5 Å². The van der Waals surface area contributed by atoms with Gasteiger partial charge in [0.15, 0.2) is 0 Å². The second kappa shape index (κ2) is 6.44. The van der Waals surface area contributed by atoms with Crippen LogP contribution in [-0.4, -0.2) is 48.9 Å². The molecule has 1 rings (SSSR count). The minimum Gasteiger partial charge on any atom is -0.370 e. The van der Waals surface area contributed by atoms with Gasteiger partial charge in [0.1, 0.15) is 0 Å². The summed E-state index contributed by atoms with van der Waals surface area (Å²) in [6.07, 6.45) is 1.54. The molecule has 0 bridgehead atoms. The van der Waals surface area contributed by atoms with Crippen molar-refractivity contribution in [2.75, 3.05) is 26.2 Å². The van der Waals surface area contributed by atoms with Crippen LogP contribution in [0.25, 0.3) is 0 Å². The third-order valence-electron chi connectivity index (χ3n) is 2.82. The van der Waals surface area contributed by atoms with E-state index in [4.69, 9.17) is 11.5 Å². The van der Waals surface area contributed by atoms with Crippen LogP contribution in [0.2, 0.25) is 0 Å². The molecule has 5 N–H and O–H groups in total. The van der Waals surface area contributed by atoms with Gasteiger partial charge in [-0.05, 0) is 12.8 Å². The van der Waals surface area contributed by atoms with E-state index in [2.05, 4.69) is 10.2 Å². The molecule has 0 radical (unpaired) electrons. The Morgan fingerprint density at radius 3 is 2.38 bits per heavy atom. The summed E-state index contributed by atoms with van der Waals surface area (Å²) >= 11 is 0. The molecule has 0 aromatic heterocycles. The van der Waals surface area contributed by atoms with Crippen LogP contribution in [0.5, 0.6) is 0 Å². The van der Waals surface area contributed by atoms with E-state index in [9.17, 15) is 9.59 Å². The van der Waals surface area contributed by atoms with Gasteiger partial charge in [-0.1, -0.05) is 0 Å². The Bertz CT molecular complexity index is 251. The number of nitrogens with one attached hydrogen (secondary N) is 1. The second-order valence-electron chi connectivity index (χ2n) is 4.06. The van der Waals surface area contributed by atoms with E-state index in [0.29, 0.717) is 19.3 Å². The summed E-state index contributed by atoms with van der Waals surface area (Å²) in [6, 6.07) is -0.263. The molecule has 1 atom stereocenters. The summed E-state index contributed by atoms with van der Waals surface area (Å²) in [4.78, 5) is 24.0. The highest BCUT2D eigenvalue weighted by Crippen LogP contribution is 2.09. The fourth-order valence-electron chi connectivity index (χ4n) is 1.97. The van der Waals surface area contributed by atoms with Crippen LogP contribution in [0, 0.1) is 0 Å². The van der Waals surface area contributed by atoms with Gasteiger partial charge in [0.25, 0.3) is 0 Å². The SMILES string of the molecule is NC(=O)CCCC(C(N)=O)N1CCNCC1. The summed E-state index contributed by atoms with van der Waals surface area (Å²) in [6.45, 7) is 3.40. The summed E-state index contributed by atoms with van der Waals surface area (Å²) < 4.78 is 0. The average Bonchev–Trinajstić information content (AvgIpc) is 2.25. The van der Waals surface area contributed by atoms with Crippen LogP contribution >= 0.6 is 0 Å². The van der Waals surface area contributed by atoms with Crippen molar-refractivity contribution in [3.63, 3.8) is 0 Å². The largest absolute Gasteiger partial charge is 0.370 e. The van der Waals surface area contributed by atoms with Crippen molar-refractivity contribution in [2.45, 2.75) is 25.3 Å². The lowest BCUT2D eigenvalue weighted by Gasteiger charge is -2.33. The summed E-state index contributed by atoms with van der Waals surface area (Å²) in [5.41, 5.74) is 10.4. The third-order valence-corrected chi connectivity index (χ3v) is 2.82. The average molecular weight is 228 g/mol. The van der Waals surface area contributed by atoms with Crippen LogP contribution in [0.4, 0.5) is 0 Å². The quantitative estimate of drug-likeness (QED) is 0.509.